The van der Waals surface area contributed by atoms with Crippen molar-refractivity contribution in [1.82, 2.24) is 0 Å². The minimum absolute atomic E-state index is 0.0666. The number of rotatable bonds is 1. The number of carbonyl (C=O) groups excluding carboxylic acids is 2. The van der Waals surface area contributed by atoms with Gasteiger partial charge >= 0.3 is 0 Å². The van der Waals surface area contributed by atoms with E-state index in [2.05, 4.69) is 0 Å². The van der Waals surface area contributed by atoms with Gasteiger partial charge < -0.3 is 14.9 Å². The molecule has 0 aromatic heterocycles. The minimum Gasteiger partial charge on any atom is -0.507 e. The zero-order valence-electron chi connectivity index (χ0n) is 11.4. The average molecular weight is 284 g/mol. The number of ketones is 2. The summed E-state index contributed by atoms with van der Waals surface area (Å²) in [6, 6.07) is 4.70. The highest BCUT2D eigenvalue weighted by molar-refractivity contribution is 6.27. The maximum atomic E-state index is 12.2. The summed E-state index contributed by atoms with van der Waals surface area (Å²) in [5, 5.41) is 20.9. The molecule has 0 atom stereocenters. The van der Waals surface area contributed by atoms with Crippen LogP contribution in [0.3, 0.4) is 0 Å². The highest BCUT2D eigenvalue weighted by atomic mass is 16.5. The molecule has 0 radical (unpaired) electrons. The van der Waals surface area contributed by atoms with Crippen LogP contribution >= 0.6 is 0 Å². The monoisotopic (exact) mass is 284 g/mol. The fraction of sp³-hybridized carbons (Fsp3) is 0.125. The molecule has 0 bridgehead atoms. The van der Waals surface area contributed by atoms with Crippen LogP contribution in [0.5, 0.6) is 11.5 Å². The number of methoxy groups -OCH3 is 1. The number of hydrogen-bond acceptors (Lipinski definition) is 5. The van der Waals surface area contributed by atoms with Gasteiger partial charge in [-0.1, -0.05) is 6.07 Å². The average Bonchev–Trinajstić information content (AvgIpc) is 2.41. The largest absolute Gasteiger partial charge is 0.507 e. The lowest BCUT2D eigenvalue weighted by atomic mass is 9.89. The molecule has 0 saturated heterocycles. The minimum atomic E-state index is -0.527. The fourth-order valence-corrected chi connectivity index (χ4v) is 2.62. The molecule has 21 heavy (non-hydrogen) atoms. The van der Waals surface area contributed by atoms with Crippen LogP contribution in [0.2, 0.25) is 0 Å². The fourth-order valence-electron chi connectivity index (χ4n) is 2.62. The number of allylic oxidation sites excluding steroid dienone is 2. The van der Waals surface area contributed by atoms with E-state index in [-0.39, 0.29) is 33.8 Å². The molecule has 0 fully saturated rings. The van der Waals surface area contributed by atoms with Gasteiger partial charge in [-0.2, -0.15) is 0 Å². The first-order chi connectivity index (χ1) is 9.93. The van der Waals surface area contributed by atoms with Gasteiger partial charge in [0.1, 0.15) is 11.5 Å². The standard InChI is InChI=1S/C16H12O5/c1-7-3-8-5-9-14(16(20)13(8)10(17)4-7)11(18)6-12(21-2)15(9)19/h3-6,17,20H,1-2H3. The van der Waals surface area contributed by atoms with E-state index >= 15 is 0 Å². The van der Waals surface area contributed by atoms with E-state index in [0.29, 0.717) is 5.39 Å². The predicted octanol–water partition coefficient (Wildman–Crippen LogP) is 2.47. The number of aromatic hydroxyl groups is 2. The number of phenolic OH excluding ortho intramolecular Hbond substituents is 2. The number of carbonyl (C=O) groups is 2. The Morgan fingerprint density at radius 3 is 2.48 bits per heavy atom. The SMILES string of the molecule is COC1=CC(=O)c2c(cc3cc(C)cc(O)c3c2O)C1=O. The highest BCUT2D eigenvalue weighted by Gasteiger charge is 2.31. The van der Waals surface area contributed by atoms with Crippen LogP contribution in [0.25, 0.3) is 10.8 Å². The van der Waals surface area contributed by atoms with Gasteiger partial charge in [0.2, 0.25) is 5.78 Å². The number of Topliss-reactive ketones (excluding diaryl/α,β-unsaturated/α-hetero) is 1. The molecule has 0 saturated carbocycles. The maximum absolute atomic E-state index is 12.2. The van der Waals surface area contributed by atoms with E-state index in [9.17, 15) is 19.8 Å². The second-order valence-electron chi connectivity index (χ2n) is 4.94. The zero-order chi connectivity index (χ0) is 15.3. The summed E-state index contributed by atoms with van der Waals surface area (Å²) in [6.07, 6.45) is 1.04. The molecule has 0 aliphatic heterocycles. The Morgan fingerprint density at radius 1 is 1.10 bits per heavy atom. The lowest BCUT2D eigenvalue weighted by Crippen LogP contribution is -2.18. The number of hydrogen-bond donors (Lipinski definition) is 2. The Kier molecular flexibility index (Phi) is 2.73. The van der Waals surface area contributed by atoms with E-state index in [4.69, 9.17) is 4.74 Å². The molecule has 0 unspecified atom stereocenters. The Morgan fingerprint density at radius 2 is 1.81 bits per heavy atom. The van der Waals surface area contributed by atoms with E-state index in [1.54, 1.807) is 13.0 Å². The van der Waals surface area contributed by atoms with Crippen LogP contribution in [0.15, 0.2) is 30.0 Å². The molecule has 1 aliphatic rings. The second kappa shape index (κ2) is 4.34. The summed E-state index contributed by atoms with van der Waals surface area (Å²) in [6.45, 7) is 1.78. The quantitative estimate of drug-likeness (QED) is 0.840. The maximum Gasteiger partial charge on any atom is 0.228 e. The number of aryl methyl sites for hydroxylation is 1. The van der Waals surface area contributed by atoms with Crippen molar-refractivity contribution < 1.29 is 24.5 Å². The van der Waals surface area contributed by atoms with Gasteiger partial charge in [-0.3, -0.25) is 9.59 Å². The van der Waals surface area contributed by atoms with Gasteiger partial charge in [0, 0.05) is 11.6 Å². The molecule has 3 rings (SSSR count). The Balaban J connectivity index is 2.43. The number of phenols is 2. The molecular formula is C16H12O5. The van der Waals surface area contributed by atoms with E-state index in [1.807, 2.05) is 0 Å². The molecule has 2 N–H and O–H groups in total. The van der Waals surface area contributed by atoms with Crippen LogP contribution in [-0.4, -0.2) is 28.9 Å². The summed E-state index contributed by atoms with van der Waals surface area (Å²) in [5.74, 6) is -1.58. The van der Waals surface area contributed by atoms with E-state index in [1.165, 1.54) is 19.2 Å². The molecule has 0 amide bonds. The zero-order valence-corrected chi connectivity index (χ0v) is 11.4. The van der Waals surface area contributed by atoms with Crippen molar-refractivity contribution in [3.8, 4) is 11.5 Å². The molecule has 2 aromatic rings. The van der Waals surface area contributed by atoms with Crippen LogP contribution < -0.4 is 0 Å². The predicted molar refractivity (Wildman–Crippen MR) is 75.8 cm³/mol. The van der Waals surface area contributed by atoms with Crippen LogP contribution in [0.4, 0.5) is 0 Å². The van der Waals surface area contributed by atoms with Crippen LogP contribution in [0, 0.1) is 6.92 Å². The molecule has 106 valence electrons. The molecule has 0 spiro atoms. The van der Waals surface area contributed by atoms with Crippen LogP contribution in [-0.2, 0) is 4.74 Å². The molecule has 0 heterocycles. The summed E-state index contributed by atoms with van der Waals surface area (Å²) in [5.41, 5.74) is 0.748. The highest BCUT2D eigenvalue weighted by Crippen LogP contribution is 2.40. The van der Waals surface area contributed by atoms with Gasteiger partial charge in [-0.05, 0) is 30.0 Å². The molecule has 1 aliphatic carbocycles. The Hall–Kier alpha value is -2.82. The second-order valence-corrected chi connectivity index (χ2v) is 4.94. The first-order valence-corrected chi connectivity index (χ1v) is 6.28. The van der Waals surface area contributed by atoms with Crippen molar-refractivity contribution in [2.24, 2.45) is 0 Å². The first kappa shape index (κ1) is 13.2. The number of benzene rings is 2. The normalized spacial score (nSPS) is 14.1. The smallest absolute Gasteiger partial charge is 0.228 e. The van der Waals surface area contributed by atoms with Crippen LogP contribution in [0.1, 0.15) is 26.3 Å². The van der Waals surface area contributed by atoms with Crippen molar-refractivity contribution in [1.29, 1.82) is 0 Å². The van der Waals surface area contributed by atoms with Crippen molar-refractivity contribution in [2.45, 2.75) is 6.92 Å². The summed E-state index contributed by atoms with van der Waals surface area (Å²) >= 11 is 0. The Labute approximate surface area is 120 Å². The van der Waals surface area contributed by atoms with Gasteiger partial charge in [0.25, 0.3) is 0 Å². The molecule has 5 nitrogen and oxygen atoms in total. The van der Waals surface area contributed by atoms with Gasteiger partial charge in [-0.15, -0.1) is 0 Å². The van der Waals surface area contributed by atoms with Crippen molar-refractivity contribution in [2.75, 3.05) is 7.11 Å². The molecular weight excluding hydrogens is 272 g/mol. The molecule has 2 aromatic carbocycles. The third kappa shape index (κ3) is 1.78. The summed E-state index contributed by atoms with van der Waals surface area (Å²) in [4.78, 5) is 24.3. The van der Waals surface area contributed by atoms with Gasteiger partial charge in [0.05, 0.1) is 18.1 Å². The van der Waals surface area contributed by atoms with Gasteiger partial charge in [0.15, 0.2) is 11.5 Å². The number of fused-ring (bicyclic) bond motifs is 2. The summed E-state index contributed by atoms with van der Waals surface area (Å²) < 4.78 is 4.89. The number of ether oxygens (including phenoxy) is 1. The lowest BCUT2D eigenvalue weighted by Gasteiger charge is -2.17. The topological polar surface area (TPSA) is 83.8 Å². The van der Waals surface area contributed by atoms with E-state index < -0.39 is 11.6 Å². The Bertz CT molecular complexity index is 846. The first-order valence-electron chi connectivity index (χ1n) is 6.28. The van der Waals surface area contributed by atoms with E-state index in [0.717, 1.165) is 11.6 Å². The lowest BCUT2D eigenvalue weighted by molar-refractivity contribution is 0.0915. The third-order valence-corrected chi connectivity index (χ3v) is 3.53. The molecule has 5 heteroatoms. The summed E-state index contributed by atoms with van der Waals surface area (Å²) in [7, 11) is 1.30. The third-order valence-electron chi connectivity index (χ3n) is 3.53. The van der Waals surface area contributed by atoms with Crippen molar-refractivity contribution in [3.05, 3.63) is 46.7 Å². The van der Waals surface area contributed by atoms with Crippen molar-refractivity contribution >= 4 is 22.3 Å². The van der Waals surface area contributed by atoms with Crippen molar-refractivity contribution in [3.63, 3.8) is 0 Å². The van der Waals surface area contributed by atoms with Gasteiger partial charge in [-0.25, -0.2) is 0 Å².